The van der Waals surface area contributed by atoms with Crippen molar-refractivity contribution in [1.29, 1.82) is 0 Å². The molecule has 156 valence electrons. The van der Waals surface area contributed by atoms with E-state index in [1.165, 1.54) is 18.4 Å². The van der Waals surface area contributed by atoms with Crippen molar-refractivity contribution < 1.29 is 9.90 Å². The number of carbonyl (C=O) groups is 1. The highest BCUT2D eigenvalue weighted by Gasteiger charge is 2.35. The van der Waals surface area contributed by atoms with Gasteiger partial charge in [-0.15, -0.1) is 0 Å². The number of aromatic nitrogens is 1. The molecule has 2 fully saturated rings. The molecule has 0 aromatic carbocycles. The maximum absolute atomic E-state index is 12.5. The summed E-state index contributed by atoms with van der Waals surface area (Å²) in [4.78, 5) is 19.1. The number of likely N-dealkylation sites (tertiary alicyclic amines) is 1. The largest absolute Gasteiger partial charge is 0.385 e. The average molecular weight is 415 g/mol. The lowest BCUT2D eigenvalue weighted by Gasteiger charge is -2.36. The summed E-state index contributed by atoms with van der Waals surface area (Å²) in [5.41, 5.74) is 1.33. The Morgan fingerprint density at radius 2 is 2.10 bits per heavy atom. The maximum Gasteiger partial charge on any atom is 0.315 e. The Morgan fingerprint density at radius 3 is 2.76 bits per heavy atom. The molecule has 0 radical (unpaired) electrons. The molecule has 1 unspecified atom stereocenters. The molecule has 1 saturated carbocycles. The SMILES string of the molecule is O=C(NCC(c1ccsc1)N1CCCC1)NC1CCC(O)(c2cccnc2)CC1. The highest BCUT2D eigenvalue weighted by Crippen LogP contribution is 2.36. The molecule has 1 saturated heterocycles. The Labute approximate surface area is 176 Å². The standard InChI is InChI=1S/C22H30N4O2S/c27-21(24-15-20(17-7-13-29-16-17)26-11-1-2-12-26)25-19-5-8-22(28,9-6-19)18-4-3-10-23-14-18/h3-4,7,10,13-14,16,19-20,28H,1-2,5-6,8-9,11-12,15H2,(H2,24,25,27). The van der Waals surface area contributed by atoms with Gasteiger partial charge in [0.2, 0.25) is 0 Å². The van der Waals surface area contributed by atoms with E-state index >= 15 is 0 Å². The minimum absolute atomic E-state index is 0.0957. The first-order chi connectivity index (χ1) is 14.1. The third-order valence-electron chi connectivity index (χ3n) is 6.31. The van der Waals surface area contributed by atoms with Gasteiger partial charge in [0.25, 0.3) is 0 Å². The smallest absolute Gasteiger partial charge is 0.315 e. The van der Waals surface area contributed by atoms with E-state index in [0.717, 1.165) is 31.5 Å². The molecular weight excluding hydrogens is 384 g/mol. The van der Waals surface area contributed by atoms with E-state index in [1.807, 2.05) is 12.1 Å². The summed E-state index contributed by atoms with van der Waals surface area (Å²) in [5.74, 6) is 0. The van der Waals surface area contributed by atoms with Crippen molar-refractivity contribution in [1.82, 2.24) is 20.5 Å². The molecule has 0 bridgehead atoms. The minimum atomic E-state index is -0.831. The Kier molecular flexibility index (Phi) is 6.47. The summed E-state index contributed by atoms with van der Waals surface area (Å²) in [6.07, 6.45) is 8.71. The molecule has 1 atom stereocenters. The second-order valence-corrected chi connectivity index (χ2v) is 9.00. The Hall–Kier alpha value is -1.96. The highest BCUT2D eigenvalue weighted by molar-refractivity contribution is 7.07. The van der Waals surface area contributed by atoms with Gasteiger partial charge < -0.3 is 15.7 Å². The summed E-state index contributed by atoms with van der Waals surface area (Å²) in [6, 6.07) is 6.18. The first kappa shape index (κ1) is 20.3. The van der Waals surface area contributed by atoms with E-state index in [-0.39, 0.29) is 18.1 Å². The van der Waals surface area contributed by atoms with Crippen LogP contribution in [0.1, 0.15) is 55.7 Å². The molecule has 1 aliphatic carbocycles. The zero-order valence-corrected chi connectivity index (χ0v) is 17.5. The van der Waals surface area contributed by atoms with Gasteiger partial charge >= 0.3 is 6.03 Å². The topological polar surface area (TPSA) is 77.5 Å². The first-order valence-electron chi connectivity index (χ1n) is 10.6. The zero-order valence-electron chi connectivity index (χ0n) is 16.7. The van der Waals surface area contributed by atoms with Gasteiger partial charge in [0, 0.05) is 30.5 Å². The van der Waals surface area contributed by atoms with Gasteiger partial charge in [0.15, 0.2) is 0 Å². The predicted octanol–water partition coefficient (Wildman–Crippen LogP) is 3.41. The van der Waals surface area contributed by atoms with Gasteiger partial charge in [-0.1, -0.05) is 6.07 Å². The molecule has 2 amide bonds. The van der Waals surface area contributed by atoms with E-state index in [2.05, 4.69) is 37.3 Å². The fraction of sp³-hybridized carbons (Fsp3) is 0.545. The van der Waals surface area contributed by atoms with Gasteiger partial charge in [-0.3, -0.25) is 9.88 Å². The van der Waals surface area contributed by atoms with Crippen LogP contribution in [-0.2, 0) is 5.60 Å². The lowest BCUT2D eigenvalue weighted by Crippen LogP contribution is -2.47. The zero-order chi connectivity index (χ0) is 20.1. The molecule has 6 nitrogen and oxygen atoms in total. The van der Waals surface area contributed by atoms with Crippen LogP contribution >= 0.6 is 11.3 Å². The minimum Gasteiger partial charge on any atom is -0.385 e. The maximum atomic E-state index is 12.5. The number of nitrogens with zero attached hydrogens (tertiary/aromatic N) is 2. The van der Waals surface area contributed by atoms with Crippen LogP contribution in [0.25, 0.3) is 0 Å². The van der Waals surface area contributed by atoms with Crippen LogP contribution in [0.3, 0.4) is 0 Å². The first-order valence-corrected chi connectivity index (χ1v) is 11.5. The van der Waals surface area contributed by atoms with Crippen molar-refractivity contribution in [3.05, 3.63) is 52.5 Å². The number of aliphatic hydroxyl groups is 1. The molecule has 2 aromatic heterocycles. The molecule has 2 aliphatic rings. The number of urea groups is 1. The van der Waals surface area contributed by atoms with E-state index < -0.39 is 5.60 Å². The van der Waals surface area contributed by atoms with Crippen molar-refractivity contribution >= 4 is 17.4 Å². The molecule has 2 aromatic rings. The second-order valence-electron chi connectivity index (χ2n) is 8.22. The van der Waals surface area contributed by atoms with Crippen LogP contribution in [0.5, 0.6) is 0 Å². The molecule has 7 heteroatoms. The fourth-order valence-electron chi connectivity index (χ4n) is 4.57. The summed E-state index contributed by atoms with van der Waals surface area (Å²) in [5, 5.41) is 21.4. The lowest BCUT2D eigenvalue weighted by atomic mass is 9.78. The van der Waals surface area contributed by atoms with Crippen molar-refractivity contribution in [2.75, 3.05) is 19.6 Å². The number of hydrogen-bond donors (Lipinski definition) is 3. The number of thiophene rings is 1. The third-order valence-corrected chi connectivity index (χ3v) is 7.01. The molecule has 0 spiro atoms. The lowest BCUT2D eigenvalue weighted by molar-refractivity contribution is -0.00762. The van der Waals surface area contributed by atoms with Crippen molar-refractivity contribution in [2.45, 2.75) is 56.2 Å². The van der Waals surface area contributed by atoms with E-state index in [0.29, 0.717) is 19.4 Å². The molecule has 3 heterocycles. The third kappa shape index (κ3) is 4.97. The molecule has 29 heavy (non-hydrogen) atoms. The Bertz CT molecular complexity index is 769. The quantitative estimate of drug-likeness (QED) is 0.677. The van der Waals surface area contributed by atoms with Crippen LogP contribution in [0.4, 0.5) is 4.79 Å². The summed E-state index contributed by atoms with van der Waals surface area (Å²) >= 11 is 1.70. The Balaban J connectivity index is 1.27. The number of nitrogens with one attached hydrogen (secondary N) is 2. The summed E-state index contributed by atoms with van der Waals surface area (Å²) < 4.78 is 0. The van der Waals surface area contributed by atoms with Gasteiger partial charge in [-0.25, -0.2) is 4.79 Å². The van der Waals surface area contributed by atoms with Gasteiger partial charge in [0.1, 0.15) is 0 Å². The number of carbonyl (C=O) groups excluding carboxylic acids is 1. The van der Waals surface area contributed by atoms with Gasteiger partial charge in [0.05, 0.1) is 11.6 Å². The average Bonchev–Trinajstić information content (AvgIpc) is 3.46. The molecule has 4 rings (SSSR count). The molecule has 1 aliphatic heterocycles. The van der Waals surface area contributed by atoms with Crippen LogP contribution in [0, 0.1) is 0 Å². The number of rotatable bonds is 6. The summed E-state index contributed by atoms with van der Waals surface area (Å²) in [6.45, 7) is 2.81. The van der Waals surface area contributed by atoms with Gasteiger partial charge in [-0.05, 0) is 80.1 Å². The Morgan fingerprint density at radius 1 is 1.31 bits per heavy atom. The van der Waals surface area contributed by atoms with Crippen molar-refractivity contribution in [3.8, 4) is 0 Å². The highest BCUT2D eigenvalue weighted by atomic mass is 32.1. The number of hydrogen-bond acceptors (Lipinski definition) is 5. The van der Waals surface area contributed by atoms with Crippen LogP contribution in [0.15, 0.2) is 41.4 Å². The van der Waals surface area contributed by atoms with Crippen molar-refractivity contribution in [2.24, 2.45) is 0 Å². The van der Waals surface area contributed by atoms with E-state index in [4.69, 9.17) is 0 Å². The van der Waals surface area contributed by atoms with Crippen LogP contribution in [-0.4, -0.2) is 46.7 Å². The van der Waals surface area contributed by atoms with E-state index in [9.17, 15) is 9.90 Å². The van der Waals surface area contributed by atoms with Gasteiger partial charge in [-0.2, -0.15) is 11.3 Å². The predicted molar refractivity (Wildman–Crippen MR) is 115 cm³/mol. The molecular formula is C22H30N4O2S. The fourth-order valence-corrected chi connectivity index (χ4v) is 5.27. The molecule has 3 N–H and O–H groups in total. The number of amides is 2. The van der Waals surface area contributed by atoms with Crippen LogP contribution in [0.2, 0.25) is 0 Å². The van der Waals surface area contributed by atoms with E-state index in [1.54, 1.807) is 23.7 Å². The normalized spacial score (nSPS) is 26.2. The monoisotopic (exact) mass is 414 g/mol. The number of pyridine rings is 1. The summed E-state index contributed by atoms with van der Waals surface area (Å²) in [7, 11) is 0. The van der Waals surface area contributed by atoms with Crippen molar-refractivity contribution in [3.63, 3.8) is 0 Å². The second kappa shape index (κ2) is 9.24. The van der Waals surface area contributed by atoms with Crippen LogP contribution < -0.4 is 10.6 Å².